The van der Waals surface area contributed by atoms with Crippen molar-refractivity contribution in [3.63, 3.8) is 0 Å². The Morgan fingerprint density at radius 2 is 1.62 bits per heavy atom. The van der Waals surface area contributed by atoms with E-state index in [1.165, 1.54) is 31.2 Å². The van der Waals surface area contributed by atoms with Crippen molar-refractivity contribution in [2.75, 3.05) is 17.6 Å². The van der Waals surface area contributed by atoms with Crippen LogP contribution in [0.4, 0.5) is 5.69 Å². The fourth-order valence-electron chi connectivity index (χ4n) is 2.66. The Morgan fingerprint density at radius 3 is 2.21 bits per heavy atom. The highest BCUT2D eigenvalue weighted by atomic mass is 32.2. The number of hydrogen-bond acceptors (Lipinski definition) is 6. The fraction of sp³-hybridized carbons (Fsp3) is 0.333. The molecule has 0 bridgehead atoms. The number of ether oxygens (including phenoxy) is 2. The highest BCUT2D eigenvalue weighted by Crippen LogP contribution is 2.25. The number of ketones is 1. The molecule has 29 heavy (non-hydrogen) atoms. The lowest BCUT2D eigenvalue weighted by atomic mass is 10.0. The molecule has 0 radical (unpaired) electrons. The molecule has 0 aromatic heterocycles. The second kappa shape index (κ2) is 9.56. The number of carbonyl (C=O) groups excluding carboxylic acids is 2. The van der Waals surface area contributed by atoms with Gasteiger partial charge in [-0.2, -0.15) is 0 Å². The van der Waals surface area contributed by atoms with Gasteiger partial charge in [0.25, 0.3) is 0 Å². The molecule has 0 amide bonds. The van der Waals surface area contributed by atoms with Crippen molar-refractivity contribution in [2.24, 2.45) is 0 Å². The van der Waals surface area contributed by atoms with Crippen LogP contribution in [0.1, 0.15) is 42.6 Å². The Hall–Kier alpha value is -2.87. The zero-order valence-corrected chi connectivity index (χ0v) is 17.7. The number of benzene rings is 2. The minimum Gasteiger partial charge on any atom is -0.482 e. The molecule has 0 aliphatic rings. The standard InChI is InChI=1S/C21H25NO6S/c1-14(2)18-7-5-6-8-19(18)27-13-20(23)28-15(3)21(24)16-9-11-17(12-10-16)22-29(4,25)26/h5-12,14-15,22H,13H2,1-4H3/t15-/m0/s1. The van der Waals surface area contributed by atoms with Crippen LogP contribution in [0.5, 0.6) is 5.75 Å². The quantitative estimate of drug-likeness (QED) is 0.494. The van der Waals surface area contributed by atoms with Crippen molar-refractivity contribution in [1.82, 2.24) is 0 Å². The van der Waals surface area contributed by atoms with E-state index in [2.05, 4.69) is 4.72 Å². The maximum Gasteiger partial charge on any atom is 0.344 e. The van der Waals surface area contributed by atoms with Gasteiger partial charge in [0.05, 0.1) is 6.26 Å². The average molecular weight is 419 g/mol. The van der Waals surface area contributed by atoms with Gasteiger partial charge in [0.2, 0.25) is 15.8 Å². The number of para-hydroxylation sites is 1. The van der Waals surface area contributed by atoms with Crippen LogP contribution in [0.3, 0.4) is 0 Å². The molecule has 2 aromatic rings. The van der Waals surface area contributed by atoms with Gasteiger partial charge >= 0.3 is 5.97 Å². The van der Waals surface area contributed by atoms with Gasteiger partial charge in [-0.3, -0.25) is 9.52 Å². The van der Waals surface area contributed by atoms with E-state index in [1.807, 2.05) is 32.0 Å². The first kappa shape index (κ1) is 22.4. The van der Waals surface area contributed by atoms with E-state index < -0.39 is 27.9 Å². The molecule has 0 unspecified atom stereocenters. The third-order valence-corrected chi connectivity index (χ3v) is 4.64. The lowest BCUT2D eigenvalue weighted by molar-refractivity contribution is -0.148. The van der Waals surface area contributed by atoms with Crippen molar-refractivity contribution in [3.8, 4) is 5.75 Å². The Balaban J connectivity index is 1.93. The van der Waals surface area contributed by atoms with Crippen LogP contribution in [0.2, 0.25) is 0 Å². The number of nitrogens with one attached hydrogen (secondary N) is 1. The van der Waals surface area contributed by atoms with Crippen LogP contribution in [0.15, 0.2) is 48.5 Å². The molecular weight excluding hydrogens is 394 g/mol. The van der Waals surface area contributed by atoms with Crippen molar-refractivity contribution in [2.45, 2.75) is 32.8 Å². The Morgan fingerprint density at radius 1 is 1.00 bits per heavy atom. The summed E-state index contributed by atoms with van der Waals surface area (Å²) in [6, 6.07) is 13.3. The summed E-state index contributed by atoms with van der Waals surface area (Å²) in [6.45, 7) is 5.22. The maximum atomic E-state index is 12.4. The number of anilines is 1. The van der Waals surface area contributed by atoms with E-state index in [9.17, 15) is 18.0 Å². The van der Waals surface area contributed by atoms with Gasteiger partial charge in [0.1, 0.15) is 5.75 Å². The first-order chi connectivity index (χ1) is 13.6. The van der Waals surface area contributed by atoms with Crippen LogP contribution >= 0.6 is 0 Å². The minimum absolute atomic E-state index is 0.239. The SMILES string of the molecule is CC(C)c1ccccc1OCC(=O)O[C@@H](C)C(=O)c1ccc(NS(C)(=O)=O)cc1. The summed E-state index contributed by atoms with van der Waals surface area (Å²) in [4.78, 5) is 24.5. The summed E-state index contributed by atoms with van der Waals surface area (Å²) >= 11 is 0. The van der Waals surface area contributed by atoms with Crippen molar-refractivity contribution in [1.29, 1.82) is 0 Å². The number of carbonyl (C=O) groups is 2. The Kier molecular flexibility index (Phi) is 7.39. The third-order valence-electron chi connectivity index (χ3n) is 4.04. The molecule has 0 saturated heterocycles. The average Bonchev–Trinajstić information content (AvgIpc) is 2.65. The van der Waals surface area contributed by atoms with Crippen LogP contribution in [-0.2, 0) is 19.6 Å². The first-order valence-corrected chi connectivity index (χ1v) is 11.0. The molecule has 1 atom stereocenters. The van der Waals surface area contributed by atoms with Crippen molar-refractivity contribution >= 4 is 27.5 Å². The molecule has 0 fully saturated rings. The fourth-order valence-corrected chi connectivity index (χ4v) is 3.23. The lowest BCUT2D eigenvalue weighted by Crippen LogP contribution is -2.27. The van der Waals surface area contributed by atoms with Crippen LogP contribution < -0.4 is 9.46 Å². The van der Waals surface area contributed by atoms with Gasteiger partial charge in [-0.1, -0.05) is 32.0 Å². The number of esters is 1. The van der Waals surface area contributed by atoms with E-state index >= 15 is 0 Å². The van der Waals surface area contributed by atoms with E-state index in [4.69, 9.17) is 9.47 Å². The number of sulfonamides is 1. The maximum absolute atomic E-state index is 12.4. The predicted octanol–water partition coefficient (Wildman–Crippen LogP) is 3.37. The third kappa shape index (κ3) is 6.90. The molecule has 8 heteroatoms. The van der Waals surface area contributed by atoms with Crippen molar-refractivity contribution < 1.29 is 27.5 Å². The first-order valence-electron chi connectivity index (χ1n) is 9.10. The molecule has 1 N–H and O–H groups in total. The lowest BCUT2D eigenvalue weighted by Gasteiger charge is -2.15. The van der Waals surface area contributed by atoms with Gasteiger partial charge in [0, 0.05) is 11.3 Å². The molecule has 7 nitrogen and oxygen atoms in total. The summed E-state index contributed by atoms with van der Waals surface area (Å²) in [7, 11) is -3.40. The molecule has 0 saturated carbocycles. The summed E-state index contributed by atoms with van der Waals surface area (Å²) in [5.74, 6) is -0.207. The summed E-state index contributed by atoms with van der Waals surface area (Å²) in [6.07, 6.45) is 0.0371. The zero-order chi connectivity index (χ0) is 21.6. The second-order valence-corrected chi connectivity index (χ2v) is 8.68. The molecule has 156 valence electrons. The van der Waals surface area contributed by atoms with Crippen LogP contribution in [0, 0.1) is 0 Å². The largest absolute Gasteiger partial charge is 0.482 e. The molecule has 0 aliphatic heterocycles. The molecular formula is C21H25NO6S. The topological polar surface area (TPSA) is 98.8 Å². The number of rotatable bonds is 9. The monoisotopic (exact) mass is 419 g/mol. The van der Waals surface area contributed by atoms with Gasteiger partial charge in [0.15, 0.2) is 12.7 Å². The molecule has 2 rings (SSSR count). The van der Waals surface area contributed by atoms with E-state index in [1.54, 1.807) is 6.07 Å². The molecule has 0 heterocycles. The Bertz CT molecular complexity index is 967. The second-order valence-electron chi connectivity index (χ2n) is 6.93. The van der Waals surface area contributed by atoms with E-state index in [-0.39, 0.29) is 12.5 Å². The summed E-state index contributed by atoms with van der Waals surface area (Å²) < 4.78 is 35.5. The smallest absolute Gasteiger partial charge is 0.344 e. The van der Waals surface area contributed by atoms with Gasteiger partial charge in [-0.25, -0.2) is 13.2 Å². The normalized spacial score (nSPS) is 12.3. The van der Waals surface area contributed by atoms with E-state index in [0.717, 1.165) is 11.8 Å². The number of Topliss-reactive ketones (excluding diaryl/α,β-unsaturated/α-hetero) is 1. The van der Waals surface area contributed by atoms with Crippen LogP contribution in [-0.4, -0.2) is 39.1 Å². The number of hydrogen-bond donors (Lipinski definition) is 1. The highest BCUT2D eigenvalue weighted by molar-refractivity contribution is 7.92. The van der Waals surface area contributed by atoms with Gasteiger partial charge in [-0.15, -0.1) is 0 Å². The van der Waals surface area contributed by atoms with Gasteiger partial charge in [-0.05, 0) is 48.7 Å². The predicted molar refractivity (Wildman–Crippen MR) is 111 cm³/mol. The molecule has 0 aliphatic carbocycles. The summed E-state index contributed by atoms with van der Waals surface area (Å²) in [5, 5.41) is 0. The van der Waals surface area contributed by atoms with Crippen molar-refractivity contribution in [3.05, 3.63) is 59.7 Å². The van der Waals surface area contributed by atoms with E-state index in [0.29, 0.717) is 17.0 Å². The van der Waals surface area contributed by atoms with Gasteiger partial charge < -0.3 is 9.47 Å². The Labute approximate surface area is 171 Å². The summed E-state index contributed by atoms with van der Waals surface area (Å²) in [5.41, 5.74) is 1.62. The minimum atomic E-state index is -3.40. The molecule has 0 spiro atoms. The molecule has 2 aromatic carbocycles. The van der Waals surface area contributed by atoms with Crippen LogP contribution in [0.25, 0.3) is 0 Å². The highest BCUT2D eigenvalue weighted by Gasteiger charge is 2.20. The zero-order valence-electron chi connectivity index (χ0n) is 16.8.